The molecule has 0 saturated carbocycles. The molecule has 2 aromatic rings. The van der Waals surface area contributed by atoms with Crippen LogP contribution in [0.5, 0.6) is 0 Å². The number of anilines is 1. The number of rotatable bonds is 5. The summed E-state index contributed by atoms with van der Waals surface area (Å²) in [6.07, 6.45) is 0.396. The van der Waals surface area contributed by atoms with Gasteiger partial charge in [0.15, 0.2) is 0 Å². The summed E-state index contributed by atoms with van der Waals surface area (Å²) < 4.78 is 19.8. The number of hydrogen-bond donors (Lipinski definition) is 2. The van der Waals surface area contributed by atoms with Crippen LogP contribution in [0.15, 0.2) is 36.4 Å². The van der Waals surface area contributed by atoms with E-state index >= 15 is 0 Å². The van der Waals surface area contributed by atoms with E-state index in [2.05, 4.69) is 24.1 Å². The van der Waals surface area contributed by atoms with E-state index in [0.717, 1.165) is 31.3 Å². The third-order valence-electron chi connectivity index (χ3n) is 4.99. The fraction of sp³-hybridized carbons (Fsp3) is 0.364. The number of hydrogen-bond acceptors (Lipinski definition) is 4. The van der Waals surface area contributed by atoms with E-state index in [1.807, 2.05) is 12.1 Å². The lowest BCUT2D eigenvalue weighted by Gasteiger charge is -2.35. The van der Waals surface area contributed by atoms with Gasteiger partial charge in [0, 0.05) is 42.0 Å². The second-order valence-corrected chi connectivity index (χ2v) is 7.60. The Balaban J connectivity index is 1.69. The molecule has 1 aliphatic rings. The lowest BCUT2D eigenvalue weighted by atomic mass is 10.1. The normalized spacial score (nSPS) is 19.7. The van der Waals surface area contributed by atoms with Gasteiger partial charge in [-0.2, -0.15) is 0 Å². The number of carbonyl (C=O) groups excluding carboxylic acids is 2. The van der Waals surface area contributed by atoms with Gasteiger partial charge in [0.1, 0.15) is 5.82 Å². The Morgan fingerprint density at radius 2 is 1.76 bits per heavy atom. The van der Waals surface area contributed by atoms with Crippen LogP contribution in [-0.4, -0.2) is 42.0 Å². The lowest BCUT2D eigenvalue weighted by molar-refractivity contribution is -0.0704. The monoisotopic (exact) mass is 399 g/mol. The van der Waals surface area contributed by atoms with Gasteiger partial charge in [0.2, 0.25) is 5.91 Å². The predicted molar refractivity (Wildman–Crippen MR) is 109 cm³/mol. The van der Waals surface area contributed by atoms with Crippen molar-refractivity contribution in [2.75, 3.05) is 18.4 Å². The van der Waals surface area contributed by atoms with Crippen molar-refractivity contribution < 1.29 is 18.7 Å². The number of benzene rings is 2. The first-order valence-corrected chi connectivity index (χ1v) is 9.61. The number of morpholine rings is 1. The summed E-state index contributed by atoms with van der Waals surface area (Å²) in [5, 5.41) is 2.66. The predicted octanol–water partition coefficient (Wildman–Crippen LogP) is 3.09. The maximum Gasteiger partial charge on any atom is 0.255 e. The van der Waals surface area contributed by atoms with Crippen LogP contribution >= 0.6 is 0 Å². The number of halogens is 1. The van der Waals surface area contributed by atoms with Crippen molar-refractivity contribution in [1.29, 1.82) is 0 Å². The minimum absolute atomic E-state index is 0.00714. The van der Waals surface area contributed by atoms with Crippen molar-refractivity contribution in [3.8, 4) is 0 Å². The molecule has 1 fully saturated rings. The van der Waals surface area contributed by atoms with E-state index in [1.165, 1.54) is 13.0 Å². The van der Waals surface area contributed by atoms with E-state index in [9.17, 15) is 14.0 Å². The smallest absolute Gasteiger partial charge is 0.255 e. The van der Waals surface area contributed by atoms with E-state index in [0.29, 0.717) is 5.56 Å². The second kappa shape index (κ2) is 8.71. The van der Waals surface area contributed by atoms with E-state index in [1.54, 1.807) is 12.1 Å². The Bertz CT molecular complexity index is 904. The Kier molecular flexibility index (Phi) is 6.30. The highest BCUT2D eigenvalue weighted by Gasteiger charge is 2.22. The van der Waals surface area contributed by atoms with Crippen LogP contribution in [-0.2, 0) is 11.3 Å². The minimum atomic E-state index is -0.754. The third kappa shape index (κ3) is 5.19. The van der Waals surface area contributed by atoms with Crippen LogP contribution in [0.2, 0.25) is 0 Å². The molecule has 0 aliphatic carbocycles. The van der Waals surface area contributed by atoms with Crippen molar-refractivity contribution in [3.05, 3.63) is 64.5 Å². The Labute approximate surface area is 169 Å². The van der Waals surface area contributed by atoms with Gasteiger partial charge in [-0.3, -0.25) is 14.5 Å². The maximum atomic E-state index is 14.0. The minimum Gasteiger partial charge on any atom is -0.373 e. The zero-order chi connectivity index (χ0) is 21.1. The Hall–Kier alpha value is -2.77. The zero-order valence-electron chi connectivity index (χ0n) is 16.9. The molecule has 7 heteroatoms. The van der Waals surface area contributed by atoms with Gasteiger partial charge in [0.05, 0.1) is 12.2 Å². The average molecular weight is 399 g/mol. The Morgan fingerprint density at radius 3 is 2.34 bits per heavy atom. The number of primary amides is 1. The van der Waals surface area contributed by atoms with Crippen molar-refractivity contribution >= 4 is 17.5 Å². The highest BCUT2D eigenvalue weighted by molar-refractivity contribution is 6.05. The van der Waals surface area contributed by atoms with Crippen LogP contribution in [0, 0.1) is 12.7 Å². The zero-order valence-corrected chi connectivity index (χ0v) is 16.9. The number of ether oxygens (including phenoxy) is 1. The summed E-state index contributed by atoms with van der Waals surface area (Å²) in [6.45, 7) is 8.18. The van der Waals surface area contributed by atoms with Gasteiger partial charge in [-0.1, -0.05) is 12.1 Å². The van der Waals surface area contributed by atoms with Crippen LogP contribution in [0.25, 0.3) is 0 Å². The van der Waals surface area contributed by atoms with Crippen molar-refractivity contribution in [2.24, 2.45) is 5.73 Å². The molecule has 29 heavy (non-hydrogen) atoms. The second-order valence-electron chi connectivity index (χ2n) is 7.60. The average Bonchev–Trinajstić information content (AvgIpc) is 2.64. The largest absolute Gasteiger partial charge is 0.373 e. The van der Waals surface area contributed by atoms with Gasteiger partial charge in [-0.05, 0) is 50.6 Å². The molecule has 0 aromatic heterocycles. The number of nitrogens with one attached hydrogen (secondary N) is 1. The fourth-order valence-electron chi connectivity index (χ4n) is 3.58. The summed E-state index contributed by atoms with van der Waals surface area (Å²) in [6, 6.07) is 9.74. The van der Waals surface area contributed by atoms with Gasteiger partial charge in [-0.15, -0.1) is 0 Å². The molecule has 1 heterocycles. The standard InChI is InChI=1S/C22H26FN3O3/c1-13-10-26(11-14(2)29-13)12-16-4-6-17(7-5-16)22(28)25-20-9-18(21(24)27)8-19(23)15(20)3/h4-9,13-14H,10-12H2,1-3H3,(H2,24,27)(H,25,28). The molecule has 2 unspecified atom stereocenters. The maximum absolute atomic E-state index is 14.0. The topological polar surface area (TPSA) is 84.7 Å². The highest BCUT2D eigenvalue weighted by atomic mass is 19.1. The van der Waals surface area contributed by atoms with Crippen LogP contribution in [0.4, 0.5) is 10.1 Å². The van der Waals surface area contributed by atoms with E-state index in [-0.39, 0.29) is 34.9 Å². The van der Waals surface area contributed by atoms with Gasteiger partial charge >= 0.3 is 0 Å². The van der Waals surface area contributed by atoms with Gasteiger partial charge in [0.25, 0.3) is 5.91 Å². The molecule has 0 bridgehead atoms. The third-order valence-corrected chi connectivity index (χ3v) is 4.99. The van der Waals surface area contributed by atoms with Crippen LogP contribution < -0.4 is 11.1 Å². The molecule has 3 N–H and O–H groups in total. The fourth-order valence-corrected chi connectivity index (χ4v) is 3.58. The molecule has 1 aliphatic heterocycles. The first kappa shape index (κ1) is 21.0. The molecule has 6 nitrogen and oxygen atoms in total. The molecule has 3 rings (SSSR count). The lowest BCUT2D eigenvalue weighted by Crippen LogP contribution is -2.44. The molecule has 2 atom stereocenters. The molecular weight excluding hydrogens is 373 g/mol. The number of nitrogens with zero attached hydrogens (tertiary/aromatic N) is 1. The molecule has 154 valence electrons. The summed E-state index contributed by atoms with van der Waals surface area (Å²) in [7, 11) is 0. The molecule has 1 saturated heterocycles. The first-order chi connectivity index (χ1) is 13.7. The SMILES string of the molecule is Cc1c(F)cc(C(N)=O)cc1NC(=O)c1ccc(CN2CC(C)OC(C)C2)cc1. The molecular formula is C22H26FN3O3. The van der Waals surface area contributed by atoms with Crippen molar-refractivity contribution in [1.82, 2.24) is 4.90 Å². The quantitative estimate of drug-likeness (QED) is 0.809. The highest BCUT2D eigenvalue weighted by Crippen LogP contribution is 2.22. The number of amides is 2. The molecule has 0 radical (unpaired) electrons. The van der Waals surface area contributed by atoms with Crippen molar-refractivity contribution in [2.45, 2.75) is 39.5 Å². The summed E-state index contributed by atoms with van der Waals surface area (Å²) in [4.78, 5) is 26.2. The van der Waals surface area contributed by atoms with Crippen molar-refractivity contribution in [3.63, 3.8) is 0 Å². The Morgan fingerprint density at radius 1 is 1.14 bits per heavy atom. The summed E-state index contributed by atoms with van der Waals surface area (Å²) >= 11 is 0. The first-order valence-electron chi connectivity index (χ1n) is 9.61. The van der Waals surface area contributed by atoms with E-state index in [4.69, 9.17) is 10.5 Å². The van der Waals surface area contributed by atoms with Crippen LogP contribution in [0.3, 0.4) is 0 Å². The molecule has 0 spiro atoms. The van der Waals surface area contributed by atoms with Crippen LogP contribution in [0.1, 0.15) is 45.7 Å². The number of nitrogens with two attached hydrogens (primary N) is 1. The van der Waals surface area contributed by atoms with Gasteiger partial charge in [-0.25, -0.2) is 4.39 Å². The molecule has 2 amide bonds. The number of carbonyl (C=O) groups is 2. The molecule has 2 aromatic carbocycles. The van der Waals surface area contributed by atoms with E-state index < -0.39 is 11.7 Å². The summed E-state index contributed by atoms with van der Waals surface area (Å²) in [5.41, 5.74) is 7.25. The van der Waals surface area contributed by atoms with Gasteiger partial charge < -0.3 is 15.8 Å². The summed E-state index contributed by atoms with van der Waals surface area (Å²) in [5.74, 6) is -1.73.